The van der Waals surface area contributed by atoms with Crippen LogP contribution in [0.5, 0.6) is 5.19 Å². The SMILES string of the molecule is COc1ncc(-c2cnc(/C=C\C(=N)N3CCCC3c3cccc(F)c3)[nH]2)s1. The zero-order valence-electron chi connectivity index (χ0n) is 15.4. The minimum absolute atomic E-state index is 0.0321. The average molecular weight is 397 g/mol. The van der Waals surface area contributed by atoms with Crippen LogP contribution in [0.4, 0.5) is 4.39 Å². The Morgan fingerprint density at radius 2 is 2.29 bits per heavy atom. The second kappa shape index (κ2) is 7.93. The van der Waals surface area contributed by atoms with Gasteiger partial charge in [-0.2, -0.15) is 0 Å². The fourth-order valence-corrected chi connectivity index (χ4v) is 4.09. The van der Waals surface area contributed by atoms with E-state index < -0.39 is 0 Å². The van der Waals surface area contributed by atoms with E-state index in [9.17, 15) is 4.39 Å². The molecule has 0 radical (unpaired) electrons. The Balaban J connectivity index is 1.46. The zero-order valence-corrected chi connectivity index (χ0v) is 16.2. The van der Waals surface area contributed by atoms with Gasteiger partial charge in [0.15, 0.2) is 0 Å². The van der Waals surface area contributed by atoms with Gasteiger partial charge >= 0.3 is 0 Å². The molecular formula is C20H20FN5OS. The van der Waals surface area contributed by atoms with Crippen molar-refractivity contribution >= 4 is 23.2 Å². The lowest BCUT2D eigenvalue weighted by molar-refractivity contribution is 0.399. The number of imidazole rings is 1. The molecule has 0 aliphatic carbocycles. The van der Waals surface area contributed by atoms with Gasteiger partial charge in [-0.3, -0.25) is 5.41 Å². The summed E-state index contributed by atoms with van der Waals surface area (Å²) in [5, 5.41) is 9.05. The third-order valence-electron chi connectivity index (χ3n) is 4.71. The highest BCUT2D eigenvalue weighted by molar-refractivity contribution is 7.16. The second-order valence-electron chi connectivity index (χ2n) is 6.50. The number of methoxy groups -OCH3 is 1. The second-order valence-corrected chi connectivity index (χ2v) is 7.49. The molecule has 2 aromatic heterocycles. The molecule has 2 N–H and O–H groups in total. The number of aromatic nitrogens is 3. The fourth-order valence-electron chi connectivity index (χ4n) is 3.39. The van der Waals surface area contributed by atoms with Crippen LogP contribution in [0.3, 0.4) is 0 Å². The van der Waals surface area contributed by atoms with E-state index in [4.69, 9.17) is 10.1 Å². The summed E-state index contributed by atoms with van der Waals surface area (Å²) < 4.78 is 18.7. The first-order valence-corrected chi connectivity index (χ1v) is 9.79. The standard InChI is InChI=1S/C20H20FN5OS/c1-27-20-24-12-17(28-20)15-11-23-19(25-15)8-7-18(22)26-9-3-6-16(26)13-4-2-5-14(21)10-13/h2,4-5,7-8,10-12,16,22H,3,6,9H2,1H3,(H,23,25)/b8-7-,22-18?. The maximum atomic E-state index is 13.6. The zero-order chi connectivity index (χ0) is 19.5. The van der Waals surface area contributed by atoms with Crippen LogP contribution in [-0.2, 0) is 0 Å². The topological polar surface area (TPSA) is 77.9 Å². The van der Waals surface area contributed by atoms with Gasteiger partial charge in [-0.1, -0.05) is 23.5 Å². The lowest BCUT2D eigenvalue weighted by Crippen LogP contribution is -2.28. The van der Waals surface area contributed by atoms with Crippen LogP contribution in [0.1, 0.15) is 30.3 Å². The summed E-state index contributed by atoms with van der Waals surface area (Å²) in [6.07, 6.45) is 8.88. The summed E-state index contributed by atoms with van der Waals surface area (Å²) >= 11 is 1.43. The van der Waals surface area contributed by atoms with Crippen molar-refractivity contribution < 1.29 is 9.13 Å². The molecule has 3 aromatic rings. The highest BCUT2D eigenvalue weighted by atomic mass is 32.1. The maximum Gasteiger partial charge on any atom is 0.273 e. The monoisotopic (exact) mass is 397 g/mol. The van der Waals surface area contributed by atoms with E-state index in [-0.39, 0.29) is 11.9 Å². The number of H-pyrrole nitrogens is 1. The van der Waals surface area contributed by atoms with Gasteiger partial charge in [0.2, 0.25) is 0 Å². The first-order valence-electron chi connectivity index (χ1n) is 8.98. The molecule has 6 nitrogen and oxygen atoms in total. The molecule has 0 amide bonds. The van der Waals surface area contributed by atoms with Crippen molar-refractivity contribution in [2.45, 2.75) is 18.9 Å². The van der Waals surface area contributed by atoms with Gasteiger partial charge in [-0.15, -0.1) is 0 Å². The smallest absolute Gasteiger partial charge is 0.273 e. The summed E-state index contributed by atoms with van der Waals surface area (Å²) in [6, 6.07) is 6.68. The van der Waals surface area contributed by atoms with Gasteiger partial charge in [0.1, 0.15) is 17.5 Å². The molecule has 8 heteroatoms. The van der Waals surface area contributed by atoms with E-state index in [1.807, 2.05) is 11.0 Å². The van der Waals surface area contributed by atoms with Crippen LogP contribution < -0.4 is 4.74 Å². The molecule has 1 saturated heterocycles. The minimum Gasteiger partial charge on any atom is -0.473 e. The molecule has 3 heterocycles. The molecule has 0 spiro atoms. The number of nitrogens with one attached hydrogen (secondary N) is 2. The number of rotatable bonds is 5. The van der Waals surface area contributed by atoms with E-state index in [0.29, 0.717) is 16.9 Å². The fraction of sp³-hybridized carbons (Fsp3) is 0.250. The quantitative estimate of drug-likeness (QED) is 0.491. The Morgan fingerprint density at radius 1 is 1.39 bits per heavy atom. The Labute approximate surface area is 166 Å². The molecule has 4 rings (SSSR count). The lowest BCUT2D eigenvalue weighted by atomic mass is 10.0. The third kappa shape index (κ3) is 3.82. The lowest BCUT2D eigenvalue weighted by Gasteiger charge is -2.26. The number of aromatic amines is 1. The number of amidine groups is 1. The van der Waals surface area contributed by atoms with E-state index in [2.05, 4.69) is 15.0 Å². The number of benzene rings is 1. The number of hydrogen-bond acceptors (Lipinski definition) is 5. The van der Waals surface area contributed by atoms with Gasteiger partial charge in [-0.25, -0.2) is 14.4 Å². The molecule has 1 unspecified atom stereocenters. The van der Waals surface area contributed by atoms with E-state index in [1.54, 1.807) is 43.8 Å². The Morgan fingerprint density at radius 3 is 3.07 bits per heavy atom. The van der Waals surface area contributed by atoms with Gasteiger partial charge in [0.25, 0.3) is 5.19 Å². The van der Waals surface area contributed by atoms with Crippen LogP contribution >= 0.6 is 11.3 Å². The van der Waals surface area contributed by atoms with Gasteiger partial charge in [0, 0.05) is 6.54 Å². The number of halogens is 1. The summed E-state index contributed by atoms with van der Waals surface area (Å²) in [6.45, 7) is 0.786. The van der Waals surface area contributed by atoms with Crippen molar-refractivity contribution in [1.82, 2.24) is 19.9 Å². The molecule has 0 saturated carbocycles. The first-order chi connectivity index (χ1) is 13.6. The molecule has 1 aromatic carbocycles. The normalized spacial score (nSPS) is 16.8. The Bertz CT molecular complexity index is 1010. The molecule has 1 aliphatic heterocycles. The highest BCUT2D eigenvalue weighted by Crippen LogP contribution is 2.32. The number of hydrogen-bond donors (Lipinski definition) is 2. The van der Waals surface area contributed by atoms with Crippen LogP contribution in [0.25, 0.3) is 16.6 Å². The average Bonchev–Trinajstić information content (AvgIpc) is 3.46. The van der Waals surface area contributed by atoms with Gasteiger partial charge < -0.3 is 14.6 Å². The Hall–Kier alpha value is -3.00. The van der Waals surface area contributed by atoms with Crippen molar-refractivity contribution in [3.63, 3.8) is 0 Å². The minimum atomic E-state index is -0.241. The highest BCUT2D eigenvalue weighted by Gasteiger charge is 2.27. The summed E-state index contributed by atoms with van der Waals surface area (Å²) in [5.41, 5.74) is 1.76. The number of likely N-dealkylation sites (tertiary alicyclic amines) is 1. The van der Waals surface area contributed by atoms with Crippen LogP contribution in [0.15, 0.2) is 42.7 Å². The Kier molecular flexibility index (Phi) is 5.21. The molecule has 0 bridgehead atoms. The summed E-state index contributed by atoms with van der Waals surface area (Å²) in [7, 11) is 1.59. The van der Waals surface area contributed by atoms with Crippen molar-refractivity contribution in [3.8, 4) is 15.8 Å². The van der Waals surface area contributed by atoms with E-state index in [0.717, 1.165) is 35.5 Å². The molecule has 1 atom stereocenters. The number of thiazole rings is 1. The van der Waals surface area contributed by atoms with Crippen molar-refractivity contribution in [3.05, 3.63) is 59.9 Å². The summed E-state index contributed by atoms with van der Waals surface area (Å²) in [4.78, 5) is 14.7. The predicted octanol–water partition coefficient (Wildman–Crippen LogP) is 4.51. The summed E-state index contributed by atoms with van der Waals surface area (Å²) in [5.74, 6) is 0.812. The van der Waals surface area contributed by atoms with Crippen LogP contribution in [0, 0.1) is 11.2 Å². The third-order valence-corrected chi connectivity index (χ3v) is 5.71. The molecule has 28 heavy (non-hydrogen) atoms. The van der Waals surface area contributed by atoms with Gasteiger partial charge in [0.05, 0.1) is 36.1 Å². The van der Waals surface area contributed by atoms with Crippen molar-refractivity contribution in [2.75, 3.05) is 13.7 Å². The first kappa shape index (κ1) is 18.4. The molecule has 144 valence electrons. The van der Waals surface area contributed by atoms with Gasteiger partial charge in [-0.05, 0) is 42.7 Å². The van der Waals surface area contributed by atoms with Crippen molar-refractivity contribution in [2.24, 2.45) is 0 Å². The molecular weight excluding hydrogens is 377 g/mol. The van der Waals surface area contributed by atoms with Crippen LogP contribution in [0.2, 0.25) is 0 Å². The van der Waals surface area contributed by atoms with E-state index >= 15 is 0 Å². The predicted molar refractivity (Wildman–Crippen MR) is 108 cm³/mol. The number of nitrogens with zero attached hydrogens (tertiary/aromatic N) is 3. The van der Waals surface area contributed by atoms with E-state index in [1.165, 1.54) is 17.4 Å². The van der Waals surface area contributed by atoms with Crippen molar-refractivity contribution in [1.29, 1.82) is 5.41 Å². The molecule has 1 fully saturated rings. The van der Waals surface area contributed by atoms with Crippen LogP contribution in [-0.4, -0.2) is 39.3 Å². The molecule has 1 aliphatic rings. The maximum absolute atomic E-state index is 13.6. The number of ether oxygens (including phenoxy) is 1. The largest absolute Gasteiger partial charge is 0.473 e.